The van der Waals surface area contributed by atoms with Gasteiger partial charge in [-0.05, 0) is 29.8 Å². The molecule has 0 spiro atoms. The number of pyridine rings is 1. The summed E-state index contributed by atoms with van der Waals surface area (Å²) in [4.78, 5) is 14.7. The average molecular weight is 379 g/mol. The lowest BCUT2D eigenvalue weighted by atomic mass is 10.1. The number of fused-ring (bicyclic) bond motifs is 4. The topological polar surface area (TPSA) is 51.8 Å². The highest BCUT2D eigenvalue weighted by atomic mass is 32.1. The smallest absolute Gasteiger partial charge is 0.227 e. The molecule has 4 heterocycles. The van der Waals surface area contributed by atoms with Gasteiger partial charge in [0.1, 0.15) is 11.9 Å². The fourth-order valence-electron chi connectivity index (χ4n) is 3.61. The van der Waals surface area contributed by atoms with Crippen molar-refractivity contribution < 1.29 is 4.42 Å². The summed E-state index contributed by atoms with van der Waals surface area (Å²) < 4.78 is 7.17. The summed E-state index contributed by atoms with van der Waals surface area (Å²) in [5.74, 6) is 0. The summed E-state index contributed by atoms with van der Waals surface area (Å²) in [5.41, 5.74) is 5.44. The van der Waals surface area contributed by atoms with Gasteiger partial charge in [0.2, 0.25) is 5.71 Å². The fourth-order valence-corrected chi connectivity index (χ4v) is 4.73. The van der Waals surface area contributed by atoms with Crippen LogP contribution < -0.4 is 0 Å². The molecule has 4 nitrogen and oxygen atoms in total. The van der Waals surface area contributed by atoms with Crippen molar-refractivity contribution in [2.45, 2.75) is 0 Å². The lowest BCUT2D eigenvalue weighted by molar-refractivity contribution is 0.655. The Morgan fingerprint density at radius 2 is 1.68 bits per heavy atom. The normalized spacial score (nSPS) is 11.6. The molecule has 2 aromatic carbocycles. The van der Waals surface area contributed by atoms with Gasteiger partial charge in [-0.25, -0.2) is 15.0 Å². The van der Waals surface area contributed by atoms with E-state index >= 15 is 0 Å². The van der Waals surface area contributed by atoms with Crippen molar-refractivity contribution in [3.05, 3.63) is 79.3 Å². The van der Waals surface area contributed by atoms with Crippen molar-refractivity contribution in [1.29, 1.82) is 0 Å². The molecular weight excluding hydrogens is 366 g/mol. The number of benzene rings is 2. The number of furan rings is 1. The third-order valence-corrected chi connectivity index (χ3v) is 6.08. The molecule has 0 bridgehead atoms. The number of nitrogens with zero attached hydrogens (tertiary/aromatic N) is 3. The summed E-state index contributed by atoms with van der Waals surface area (Å²) in [6.07, 6.45) is 3.37. The average Bonchev–Trinajstić information content (AvgIpc) is 3.36. The minimum absolute atomic E-state index is 0.645. The Morgan fingerprint density at radius 3 is 2.61 bits per heavy atom. The second-order valence-electron chi connectivity index (χ2n) is 6.55. The molecule has 5 heteroatoms. The van der Waals surface area contributed by atoms with Crippen LogP contribution in [0.15, 0.2) is 83.7 Å². The van der Waals surface area contributed by atoms with E-state index in [0.29, 0.717) is 5.71 Å². The second-order valence-corrected chi connectivity index (χ2v) is 7.61. The van der Waals surface area contributed by atoms with Gasteiger partial charge in [0, 0.05) is 27.4 Å². The van der Waals surface area contributed by atoms with Crippen LogP contribution in [0.5, 0.6) is 0 Å². The van der Waals surface area contributed by atoms with E-state index in [-0.39, 0.29) is 0 Å². The molecule has 132 valence electrons. The summed E-state index contributed by atoms with van der Waals surface area (Å²) >= 11 is 1.70. The summed E-state index contributed by atoms with van der Waals surface area (Å²) in [7, 11) is 0. The molecule has 0 aliphatic carbocycles. The van der Waals surface area contributed by atoms with Gasteiger partial charge in [-0.3, -0.25) is 0 Å². The lowest BCUT2D eigenvalue weighted by Gasteiger charge is -2.02. The molecule has 0 saturated carbocycles. The Hall–Kier alpha value is -3.57. The molecule has 0 amide bonds. The number of thiophene rings is 1. The van der Waals surface area contributed by atoms with E-state index in [0.717, 1.165) is 37.8 Å². The third kappa shape index (κ3) is 2.27. The SMILES string of the molecule is c1ccc(-c2cc3ncnc(-c4cccc5c4oc4ncccc45)c3s2)cc1. The maximum absolute atomic E-state index is 6.11. The number of para-hydroxylation sites is 1. The maximum atomic E-state index is 6.11. The number of hydrogen-bond acceptors (Lipinski definition) is 5. The molecule has 0 fully saturated rings. The van der Waals surface area contributed by atoms with Gasteiger partial charge in [-0.1, -0.05) is 42.5 Å². The van der Waals surface area contributed by atoms with Crippen molar-refractivity contribution in [2.75, 3.05) is 0 Å². The van der Waals surface area contributed by atoms with E-state index in [1.165, 1.54) is 10.4 Å². The summed E-state index contributed by atoms with van der Waals surface area (Å²) in [6, 6.07) is 22.6. The van der Waals surface area contributed by atoms with Crippen LogP contribution in [0.3, 0.4) is 0 Å². The predicted molar refractivity (Wildman–Crippen MR) is 113 cm³/mol. The van der Waals surface area contributed by atoms with Crippen LogP contribution in [0.25, 0.3) is 54.0 Å². The first-order chi connectivity index (χ1) is 13.9. The van der Waals surface area contributed by atoms with Crippen LogP contribution in [0.1, 0.15) is 0 Å². The van der Waals surface area contributed by atoms with E-state index in [9.17, 15) is 0 Å². The molecule has 0 unspecified atom stereocenters. The molecular formula is C23H13N3OS. The van der Waals surface area contributed by atoms with Crippen molar-refractivity contribution in [1.82, 2.24) is 15.0 Å². The first-order valence-corrected chi connectivity index (χ1v) is 9.77. The third-order valence-electron chi connectivity index (χ3n) is 4.90. The van der Waals surface area contributed by atoms with Crippen LogP contribution in [0.4, 0.5) is 0 Å². The van der Waals surface area contributed by atoms with Crippen LogP contribution >= 0.6 is 11.3 Å². The van der Waals surface area contributed by atoms with Crippen LogP contribution in [0, 0.1) is 0 Å². The molecule has 0 saturated heterocycles. The van der Waals surface area contributed by atoms with E-state index in [4.69, 9.17) is 4.42 Å². The lowest BCUT2D eigenvalue weighted by Crippen LogP contribution is -1.86. The Morgan fingerprint density at radius 1 is 0.786 bits per heavy atom. The molecule has 0 aliphatic heterocycles. The van der Waals surface area contributed by atoms with E-state index in [2.05, 4.69) is 51.4 Å². The zero-order valence-electron chi connectivity index (χ0n) is 14.7. The van der Waals surface area contributed by atoms with Crippen molar-refractivity contribution in [2.24, 2.45) is 0 Å². The zero-order valence-corrected chi connectivity index (χ0v) is 15.5. The van der Waals surface area contributed by atoms with E-state index in [1.807, 2.05) is 30.3 Å². The van der Waals surface area contributed by atoms with Gasteiger partial charge in [-0.15, -0.1) is 11.3 Å². The molecule has 4 aromatic heterocycles. The monoisotopic (exact) mass is 379 g/mol. The molecule has 0 radical (unpaired) electrons. The van der Waals surface area contributed by atoms with Gasteiger partial charge >= 0.3 is 0 Å². The Bertz CT molecular complexity index is 1470. The summed E-state index contributed by atoms with van der Waals surface area (Å²) in [5, 5.41) is 2.06. The number of rotatable bonds is 2. The molecule has 0 atom stereocenters. The van der Waals surface area contributed by atoms with Gasteiger partial charge < -0.3 is 4.42 Å². The largest absolute Gasteiger partial charge is 0.437 e. The van der Waals surface area contributed by atoms with E-state index in [1.54, 1.807) is 23.9 Å². The first-order valence-electron chi connectivity index (χ1n) is 8.95. The predicted octanol–water partition coefficient (Wildman–Crippen LogP) is 6.32. The standard InChI is InChI=1S/C23H13N3OS/c1-2-6-14(7-3-1)19-12-18-22(28-19)20(26-13-25-18)17-9-4-8-15-16-10-5-11-24-23(16)27-21(15)17/h1-13H. The first kappa shape index (κ1) is 15.5. The van der Waals surface area contributed by atoms with Gasteiger partial charge in [0.15, 0.2) is 0 Å². The minimum atomic E-state index is 0.645. The fraction of sp³-hybridized carbons (Fsp3) is 0. The second kappa shape index (κ2) is 5.97. The van der Waals surface area contributed by atoms with Crippen LogP contribution in [-0.2, 0) is 0 Å². The molecule has 28 heavy (non-hydrogen) atoms. The van der Waals surface area contributed by atoms with Crippen molar-refractivity contribution in [3.63, 3.8) is 0 Å². The maximum Gasteiger partial charge on any atom is 0.227 e. The van der Waals surface area contributed by atoms with Crippen LogP contribution in [0.2, 0.25) is 0 Å². The van der Waals surface area contributed by atoms with Crippen molar-refractivity contribution in [3.8, 4) is 21.7 Å². The highest BCUT2D eigenvalue weighted by molar-refractivity contribution is 7.22. The van der Waals surface area contributed by atoms with Gasteiger partial charge in [-0.2, -0.15) is 0 Å². The molecule has 6 aromatic rings. The van der Waals surface area contributed by atoms with Gasteiger partial charge in [0.25, 0.3) is 0 Å². The van der Waals surface area contributed by atoms with E-state index < -0.39 is 0 Å². The number of aromatic nitrogens is 3. The highest BCUT2D eigenvalue weighted by Crippen LogP contribution is 2.40. The Kier molecular flexibility index (Phi) is 3.30. The number of hydrogen-bond donors (Lipinski definition) is 0. The zero-order chi connectivity index (χ0) is 18.5. The molecule has 0 aliphatic rings. The minimum Gasteiger partial charge on any atom is -0.437 e. The van der Waals surface area contributed by atoms with Crippen LogP contribution in [-0.4, -0.2) is 15.0 Å². The highest BCUT2D eigenvalue weighted by Gasteiger charge is 2.17. The van der Waals surface area contributed by atoms with Crippen molar-refractivity contribution >= 4 is 43.6 Å². The van der Waals surface area contributed by atoms with Gasteiger partial charge in [0.05, 0.1) is 15.9 Å². The Balaban J connectivity index is 1.64. The summed E-state index contributed by atoms with van der Waals surface area (Å²) in [6.45, 7) is 0. The quantitative estimate of drug-likeness (QED) is 0.353. The molecule has 6 rings (SSSR count). The molecule has 0 N–H and O–H groups in total. The Labute approximate surface area is 164 Å².